The number of carbonyl (C=O) groups excluding carboxylic acids is 2. The van der Waals surface area contributed by atoms with Crippen LogP contribution < -0.4 is 10.6 Å². The Morgan fingerprint density at radius 3 is 2.38 bits per heavy atom. The molecule has 1 aromatic rings. The summed E-state index contributed by atoms with van der Waals surface area (Å²) in [4.78, 5) is 26.8. The van der Waals surface area contributed by atoms with Gasteiger partial charge in [-0.15, -0.1) is 12.4 Å². The third-order valence-electron chi connectivity index (χ3n) is 5.06. The molecule has 6 heteroatoms. The maximum atomic E-state index is 12.5. The maximum absolute atomic E-state index is 12.5. The molecule has 0 bridgehead atoms. The third kappa shape index (κ3) is 3.73. The SMILES string of the molecule is CCC1(C(=O)Nc2ccc(C(=O)N3CCCC3)cc2)CCCN1.Cl. The first kappa shape index (κ1) is 18.7. The number of rotatable bonds is 4. The van der Waals surface area contributed by atoms with Gasteiger partial charge in [-0.25, -0.2) is 0 Å². The average molecular weight is 352 g/mol. The molecular formula is C18H26ClN3O2. The standard InChI is InChI=1S/C18H25N3O2.ClH/c1-2-18(10-5-11-19-18)17(23)20-15-8-6-14(7-9-15)16(22)21-12-3-4-13-21;/h6-9,19H,2-5,10-13H2,1H3,(H,20,23);1H. The van der Waals surface area contributed by atoms with Crippen LogP contribution in [0.1, 0.15) is 49.4 Å². The van der Waals surface area contributed by atoms with E-state index in [-0.39, 0.29) is 24.2 Å². The molecule has 2 saturated heterocycles. The van der Waals surface area contributed by atoms with E-state index in [1.54, 1.807) is 12.1 Å². The van der Waals surface area contributed by atoms with Gasteiger partial charge in [0.2, 0.25) is 5.91 Å². The number of carbonyl (C=O) groups is 2. The minimum absolute atomic E-state index is 0. The first-order valence-corrected chi connectivity index (χ1v) is 8.60. The second-order valence-corrected chi connectivity index (χ2v) is 6.50. The minimum atomic E-state index is -0.440. The Morgan fingerprint density at radius 2 is 1.83 bits per heavy atom. The molecule has 2 aliphatic rings. The molecule has 5 nitrogen and oxygen atoms in total. The van der Waals surface area contributed by atoms with Gasteiger partial charge in [-0.1, -0.05) is 6.92 Å². The summed E-state index contributed by atoms with van der Waals surface area (Å²) in [6.07, 6.45) is 4.87. The number of hydrogen-bond acceptors (Lipinski definition) is 3. The quantitative estimate of drug-likeness (QED) is 0.876. The number of nitrogens with zero attached hydrogens (tertiary/aromatic N) is 1. The van der Waals surface area contributed by atoms with E-state index >= 15 is 0 Å². The molecule has 2 amide bonds. The molecule has 0 spiro atoms. The van der Waals surface area contributed by atoms with Gasteiger partial charge >= 0.3 is 0 Å². The molecule has 2 heterocycles. The van der Waals surface area contributed by atoms with E-state index in [0.717, 1.165) is 57.4 Å². The van der Waals surface area contributed by atoms with E-state index in [2.05, 4.69) is 10.6 Å². The van der Waals surface area contributed by atoms with E-state index in [4.69, 9.17) is 0 Å². The molecule has 132 valence electrons. The second-order valence-electron chi connectivity index (χ2n) is 6.50. The molecule has 3 rings (SSSR count). The minimum Gasteiger partial charge on any atom is -0.339 e. The number of amides is 2. The summed E-state index contributed by atoms with van der Waals surface area (Å²) < 4.78 is 0. The maximum Gasteiger partial charge on any atom is 0.253 e. The van der Waals surface area contributed by atoms with E-state index in [9.17, 15) is 9.59 Å². The predicted molar refractivity (Wildman–Crippen MR) is 97.7 cm³/mol. The summed E-state index contributed by atoms with van der Waals surface area (Å²) in [6, 6.07) is 7.24. The van der Waals surface area contributed by atoms with Crippen molar-refractivity contribution in [1.29, 1.82) is 0 Å². The van der Waals surface area contributed by atoms with Crippen LogP contribution in [0.15, 0.2) is 24.3 Å². The number of hydrogen-bond donors (Lipinski definition) is 2. The molecule has 1 unspecified atom stereocenters. The summed E-state index contributed by atoms with van der Waals surface area (Å²) in [7, 11) is 0. The molecule has 0 aromatic heterocycles. The van der Waals surface area contributed by atoms with Crippen molar-refractivity contribution in [3.8, 4) is 0 Å². The van der Waals surface area contributed by atoms with Gasteiger partial charge in [0.15, 0.2) is 0 Å². The fourth-order valence-corrected chi connectivity index (χ4v) is 3.51. The van der Waals surface area contributed by atoms with Crippen LogP contribution in [0.3, 0.4) is 0 Å². The van der Waals surface area contributed by atoms with Crippen molar-refractivity contribution in [2.45, 2.75) is 44.6 Å². The molecule has 2 aliphatic heterocycles. The lowest BCUT2D eigenvalue weighted by Gasteiger charge is -2.26. The van der Waals surface area contributed by atoms with Gasteiger partial charge in [0.05, 0.1) is 5.54 Å². The number of benzene rings is 1. The number of nitrogens with one attached hydrogen (secondary N) is 2. The van der Waals surface area contributed by atoms with E-state index < -0.39 is 5.54 Å². The zero-order valence-electron chi connectivity index (χ0n) is 14.1. The van der Waals surface area contributed by atoms with Crippen LogP contribution in [0.2, 0.25) is 0 Å². The Hall–Kier alpha value is -1.59. The van der Waals surface area contributed by atoms with Crippen molar-refractivity contribution < 1.29 is 9.59 Å². The van der Waals surface area contributed by atoms with Crippen LogP contribution in [0.4, 0.5) is 5.69 Å². The van der Waals surface area contributed by atoms with Crippen LogP contribution in [0.25, 0.3) is 0 Å². The van der Waals surface area contributed by atoms with Crippen molar-refractivity contribution in [2.75, 3.05) is 25.0 Å². The number of halogens is 1. The Labute approximate surface area is 149 Å². The summed E-state index contributed by atoms with van der Waals surface area (Å²) in [6.45, 7) is 4.63. The number of likely N-dealkylation sites (tertiary alicyclic amines) is 1. The van der Waals surface area contributed by atoms with Gasteiger partial charge < -0.3 is 15.5 Å². The van der Waals surface area contributed by atoms with Gasteiger partial charge in [0.1, 0.15) is 0 Å². The van der Waals surface area contributed by atoms with E-state index in [0.29, 0.717) is 5.56 Å². The summed E-state index contributed by atoms with van der Waals surface area (Å²) >= 11 is 0. The molecule has 0 radical (unpaired) electrons. The molecule has 1 aromatic carbocycles. The van der Waals surface area contributed by atoms with Crippen molar-refractivity contribution in [3.05, 3.63) is 29.8 Å². The molecule has 2 N–H and O–H groups in total. The van der Waals surface area contributed by atoms with Crippen LogP contribution >= 0.6 is 12.4 Å². The van der Waals surface area contributed by atoms with Crippen LogP contribution in [0, 0.1) is 0 Å². The fraction of sp³-hybridized carbons (Fsp3) is 0.556. The molecular weight excluding hydrogens is 326 g/mol. The molecule has 2 fully saturated rings. The first-order chi connectivity index (χ1) is 11.1. The van der Waals surface area contributed by atoms with Crippen LogP contribution in [0.5, 0.6) is 0 Å². The Bertz CT molecular complexity index is 576. The second kappa shape index (κ2) is 7.99. The highest BCUT2D eigenvalue weighted by molar-refractivity contribution is 5.99. The highest BCUT2D eigenvalue weighted by atomic mass is 35.5. The summed E-state index contributed by atoms with van der Waals surface area (Å²) in [5.74, 6) is 0.110. The molecule has 0 aliphatic carbocycles. The summed E-state index contributed by atoms with van der Waals surface area (Å²) in [5, 5.41) is 6.32. The van der Waals surface area contributed by atoms with Gasteiger partial charge in [-0.3, -0.25) is 9.59 Å². The number of anilines is 1. The monoisotopic (exact) mass is 351 g/mol. The predicted octanol–water partition coefficient (Wildman–Crippen LogP) is 2.82. The van der Waals surface area contributed by atoms with Gasteiger partial charge in [0.25, 0.3) is 5.91 Å². The van der Waals surface area contributed by atoms with Crippen molar-refractivity contribution in [1.82, 2.24) is 10.2 Å². The highest BCUT2D eigenvalue weighted by Crippen LogP contribution is 2.25. The Kier molecular flexibility index (Phi) is 6.24. The highest BCUT2D eigenvalue weighted by Gasteiger charge is 2.39. The third-order valence-corrected chi connectivity index (χ3v) is 5.06. The molecule has 1 atom stereocenters. The van der Waals surface area contributed by atoms with E-state index in [1.807, 2.05) is 24.0 Å². The molecule has 24 heavy (non-hydrogen) atoms. The van der Waals surface area contributed by atoms with Gasteiger partial charge in [-0.2, -0.15) is 0 Å². The average Bonchev–Trinajstić information content (AvgIpc) is 3.27. The van der Waals surface area contributed by atoms with E-state index in [1.165, 1.54) is 0 Å². The van der Waals surface area contributed by atoms with Crippen molar-refractivity contribution in [3.63, 3.8) is 0 Å². The molecule has 0 saturated carbocycles. The zero-order chi connectivity index (χ0) is 16.3. The lowest BCUT2D eigenvalue weighted by atomic mass is 9.93. The van der Waals surface area contributed by atoms with Crippen molar-refractivity contribution >= 4 is 29.9 Å². The first-order valence-electron chi connectivity index (χ1n) is 8.60. The van der Waals surface area contributed by atoms with Crippen LogP contribution in [-0.4, -0.2) is 41.9 Å². The smallest absolute Gasteiger partial charge is 0.253 e. The van der Waals surface area contributed by atoms with Crippen molar-refractivity contribution in [2.24, 2.45) is 0 Å². The normalized spacial score (nSPS) is 23.0. The van der Waals surface area contributed by atoms with Gasteiger partial charge in [-0.05, 0) is 62.9 Å². The Morgan fingerprint density at radius 1 is 1.17 bits per heavy atom. The zero-order valence-corrected chi connectivity index (χ0v) is 15.0. The fourth-order valence-electron chi connectivity index (χ4n) is 3.51. The Balaban J connectivity index is 0.00000208. The topological polar surface area (TPSA) is 61.4 Å². The largest absolute Gasteiger partial charge is 0.339 e. The lowest BCUT2D eigenvalue weighted by molar-refractivity contribution is -0.122. The van der Waals surface area contributed by atoms with Gasteiger partial charge in [0, 0.05) is 24.3 Å². The lowest BCUT2D eigenvalue weighted by Crippen LogP contribution is -2.50. The van der Waals surface area contributed by atoms with Crippen LogP contribution in [-0.2, 0) is 4.79 Å². The summed E-state index contributed by atoms with van der Waals surface area (Å²) in [5.41, 5.74) is 0.993.